The highest BCUT2D eigenvalue weighted by molar-refractivity contribution is 7.47. The number of aliphatic hydroxyl groups excluding tert-OH is 1. The van der Waals surface area contributed by atoms with E-state index in [-0.39, 0.29) is 19.1 Å². The summed E-state index contributed by atoms with van der Waals surface area (Å²) in [6, 6.07) is -0.856. The van der Waals surface area contributed by atoms with Crippen molar-refractivity contribution in [3.8, 4) is 0 Å². The average Bonchev–Trinajstić information content (AvgIpc) is 3.09. The van der Waals surface area contributed by atoms with E-state index in [0.717, 1.165) is 38.5 Å². The Morgan fingerprint density at radius 3 is 1.54 bits per heavy atom. The van der Waals surface area contributed by atoms with Crippen LogP contribution in [0.5, 0.6) is 0 Å². The van der Waals surface area contributed by atoms with E-state index in [0.29, 0.717) is 17.4 Å². The summed E-state index contributed by atoms with van der Waals surface area (Å²) < 4.78 is 23.4. The Hall–Kier alpha value is -1.02. The number of rotatable bonds is 39. The van der Waals surface area contributed by atoms with Crippen molar-refractivity contribution in [2.45, 2.75) is 206 Å². The Balaban J connectivity index is 4.24. The van der Waals surface area contributed by atoms with Gasteiger partial charge < -0.3 is 19.8 Å². The second-order valence-electron chi connectivity index (χ2n) is 16.1. The van der Waals surface area contributed by atoms with Gasteiger partial charge in [0.2, 0.25) is 5.91 Å². The minimum atomic E-state index is -4.33. The van der Waals surface area contributed by atoms with Crippen LogP contribution in [0.3, 0.4) is 0 Å². The maximum absolute atomic E-state index is 12.8. The van der Waals surface area contributed by atoms with Crippen molar-refractivity contribution in [2.75, 3.05) is 40.9 Å². The van der Waals surface area contributed by atoms with Crippen molar-refractivity contribution < 1.29 is 32.9 Å². The van der Waals surface area contributed by atoms with Crippen LogP contribution in [-0.2, 0) is 18.4 Å². The van der Waals surface area contributed by atoms with Crippen LogP contribution in [0.25, 0.3) is 0 Å². The predicted molar refractivity (Wildman–Crippen MR) is 221 cm³/mol. The number of hydrogen-bond donors (Lipinski definition) is 3. The second kappa shape index (κ2) is 35.7. The predicted octanol–water partition coefficient (Wildman–Crippen LogP) is 11.7. The molecule has 0 rings (SSSR count). The molecule has 3 atom stereocenters. The third-order valence-electron chi connectivity index (χ3n) is 9.67. The fraction of sp³-hybridized carbons (Fsp3) is 0.884. The summed E-state index contributed by atoms with van der Waals surface area (Å²) in [4.78, 5) is 23.0. The Morgan fingerprint density at radius 1 is 0.635 bits per heavy atom. The van der Waals surface area contributed by atoms with Crippen LogP contribution in [0.1, 0.15) is 194 Å². The van der Waals surface area contributed by atoms with Crippen LogP contribution in [0, 0.1) is 0 Å². The molecule has 0 aliphatic heterocycles. The number of aliphatic hydroxyl groups is 1. The van der Waals surface area contributed by atoms with E-state index in [1.54, 1.807) is 6.08 Å². The highest BCUT2D eigenvalue weighted by Crippen LogP contribution is 2.43. The smallest absolute Gasteiger partial charge is 0.387 e. The lowest BCUT2D eigenvalue weighted by atomic mass is 10.0. The van der Waals surface area contributed by atoms with Crippen molar-refractivity contribution in [3.05, 3.63) is 24.3 Å². The largest absolute Gasteiger partial charge is 0.472 e. The van der Waals surface area contributed by atoms with Crippen molar-refractivity contribution in [3.63, 3.8) is 0 Å². The summed E-state index contributed by atoms with van der Waals surface area (Å²) in [5.74, 6) is -0.187. The third-order valence-corrected chi connectivity index (χ3v) is 10.7. The van der Waals surface area contributed by atoms with Gasteiger partial charge in [0, 0.05) is 6.42 Å². The molecule has 0 heterocycles. The number of phosphoric acid groups is 1. The molecule has 0 aliphatic carbocycles. The number of likely N-dealkylation sites (N-methyl/N-ethyl adjacent to an activating group) is 1. The summed E-state index contributed by atoms with van der Waals surface area (Å²) in [5, 5.41) is 13.7. The third kappa shape index (κ3) is 37.3. The molecule has 0 saturated heterocycles. The van der Waals surface area contributed by atoms with Crippen molar-refractivity contribution in [2.24, 2.45) is 0 Å². The van der Waals surface area contributed by atoms with E-state index in [4.69, 9.17) is 9.05 Å². The van der Waals surface area contributed by atoms with E-state index in [1.165, 1.54) is 135 Å². The van der Waals surface area contributed by atoms with Gasteiger partial charge in [0.15, 0.2) is 0 Å². The topological polar surface area (TPSA) is 105 Å². The van der Waals surface area contributed by atoms with Gasteiger partial charge in [-0.2, -0.15) is 0 Å². The normalized spacial score (nSPS) is 14.7. The van der Waals surface area contributed by atoms with E-state index >= 15 is 0 Å². The zero-order valence-corrected chi connectivity index (χ0v) is 35.7. The Bertz CT molecular complexity index is 907. The number of carbonyl (C=O) groups excluding carboxylic acids is 1. The molecule has 0 radical (unpaired) electrons. The molecule has 3 N–H and O–H groups in total. The second-order valence-corrected chi connectivity index (χ2v) is 17.5. The molecule has 9 heteroatoms. The first-order valence-corrected chi connectivity index (χ1v) is 23.2. The fourth-order valence-electron chi connectivity index (χ4n) is 6.17. The van der Waals surface area contributed by atoms with Gasteiger partial charge in [-0.15, -0.1) is 0 Å². The maximum atomic E-state index is 12.8. The van der Waals surface area contributed by atoms with Gasteiger partial charge in [0.1, 0.15) is 13.2 Å². The van der Waals surface area contributed by atoms with Gasteiger partial charge in [0.25, 0.3) is 0 Å². The van der Waals surface area contributed by atoms with Gasteiger partial charge >= 0.3 is 7.82 Å². The highest BCUT2D eigenvalue weighted by atomic mass is 31.2. The lowest BCUT2D eigenvalue weighted by Crippen LogP contribution is -2.45. The molecule has 1 amide bonds. The molecule has 0 aromatic carbocycles. The van der Waals surface area contributed by atoms with Gasteiger partial charge in [-0.05, 0) is 32.1 Å². The minimum absolute atomic E-state index is 0.0577. The number of carbonyl (C=O) groups is 1. The Morgan fingerprint density at radius 2 is 1.06 bits per heavy atom. The Kier molecular flexibility index (Phi) is 35.0. The standard InChI is InChI=1S/C43H85N2O6P/c1-6-8-10-12-14-16-17-18-19-20-21-22-23-24-25-26-27-29-31-33-35-37-43(47)44-41(40-51-52(48,49)50-39-38-45(3,4)5)42(46)36-34-32-30-28-15-13-11-9-7-2/h15,28,34,36,41-42,46H,6-14,16-27,29-33,35,37-40H2,1-5H3,(H-,44,47,48,49)/p+1/b28-15+,36-34+. The quantitative estimate of drug-likeness (QED) is 0.0250. The van der Waals surface area contributed by atoms with Gasteiger partial charge in [0.05, 0.1) is 39.9 Å². The molecule has 0 saturated carbocycles. The number of nitrogens with one attached hydrogen (secondary N) is 1. The zero-order chi connectivity index (χ0) is 38.6. The van der Waals surface area contributed by atoms with Gasteiger partial charge in [-0.1, -0.05) is 179 Å². The molecular formula is C43H86N2O6P+. The number of amides is 1. The summed E-state index contributed by atoms with van der Waals surface area (Å²) in [7, 11) is 1.56. The van der Waals surface area contributed by atoms with E-state index in [9.17, 15) is 19.4 Å². The number of quaternary nitrogens is 1. The van der Waals surface area contributed by atoms with Gasteiger partial charge in [-0.25, -0.2) is 4.57 Å². The summed E-state index contributed by atoms with van der Waals surface area (Å²) >= 11 is 0. The first kappa shape index (κ1) is 51.0. The molecule has 308 valence electrons. The van der Waals surface area contributed by atoms with Crippen molar-refractivity contribution >= 4 is 13.7 Å². The first-order valence-electron chi connectivity index (χ1n) is 21.7. The van der Waals surface area contributed by atoms with Crippen LogP contribution in [-0.4, -0.2) is 73.4 Å². The van der Waals surface area contributed by atoms with Crippen molar-refractivity contribution in [1.82, 2.24) is 5.32 Å². The summed E-state index contributed by atoms with van der Waals surface area (Å²) in [6.07, 6.45) is 41.2. The van der Waals surface area contributed by atoms with E-state index in [2.05, 4.69) is 31.3 Å². The number of phosphoric ester groups is 1. The minimum Gasteiger partial charge on any atom is -0.387 e. The van der Waals surface area contributed by atoms with Crippen LogP contribution >= 0.6 is 7.82 Å². The average molecular weight is 758 g/mol. The number of nitrogens with zero attached hydrogens (tertiary/aromatic N) is 1. The van der Waals surface area contributed by atoms with Gasteiger partial charge in [-0.3, -0.25) is 13.8 Å². The molecule has 0 aromatic heterocycles. The van der Waals surface area contributed by atoms with E-state index < -0.39 is 20.0 Å². The van der Waals surface area contributed by atoms with Crippen LogP contribution in [0.4, 0.5) is 0 Å². The Labute approximate surface area is 322 Å². The molecule has 0 fully saturated rings. The molecular weight excluding hydrogens is 671 g/mol. The summed E-state index contributed by atoms with van der Waals surface area (Å²) in [6.45, 7) is 4.74. The molecule has 0 bridgehead atoms. The molecule has 3 unspecified atom stereocenters. The number of unbranched alkanes of at least 4 members (excludes halogenated alkanes) is 24. The lowest BCUT2D eigenvalue weighted by molar-refractivity contribution is -0.870. The lowest BCUT2D eigenvalue weighted by Gasteiger charge is -2.25. The van der Waals surface area contributed by atoms with Crippen LogP contribution in [0.15, 0.2) is 24.3 Å². The van der Waals surface area contributed by atoms with E-state index in [1.807, 2.05) is 27.2 Å². The SMILES string of the molecule is CCCCC/C=C/CC/C=C/C(O)C(COP(=O)(O)OCC[N+](C)(C)C)NC(=O)CCCCCCCCCCCCCCCCCCCCCCC. The first-order chi connectivity index (χ1) is 25.0. The molecule has 0 spiro atoms. The van der Waals surface area contributed by atoms with Crippen molar-refractivity contribution in [1.29, 1.82) is 0 Å². The van der Waals surface area contributed by atoms with Crippen LogP contribution in [0.2, 0.25) is 0 Å². The molecule has 8 nitrogen and oxygen atoms in total. The molecule has 52 heavy (non-hydrogen) atoms. The summed E-state index contributed by atoms with van der Waals surface area (Å²) in [5.41, 5.74) is 0. The molecule has 0 aromatic rings. The number of hydrogen-bond acceptors (Lipinski definition) is 5. The zero-order valence-electron chi connectivity index (χ0n) is 34.8. The highest BCUT2D eigenvalue weighted by Gasteiger charge is 2.27. The number of allylic oxidation sites excluding steroid dienone is 3. The monoisotopic (exact) mass is 758 g/mol. The molecule has 0 aliphatic rings. The fourth-order valence-corrected chi connectivity index (χ4v) is 6.91. The van der Waals surface area contributed by atoms with Crippen LogP contribution < -0.4 is 5.32 Å². The maximum Gasteiger partial charge on any atom is 0.472 e.